The fourth-order valence-corrected chi connectivity index (χ4v) is 4.19. The molecule has 0 N–H and O–H groups in total. The number of fused-ring (bicyclic) bond motifs is 1. The summed E-state index contributed by atoms with van der Waals surface area (Å²) in [7, 11) is 1.94. The van der Waals surface area contributed by atoms with Gasteiger partial charge in [-0.2, -0.15) is 0 Å². The SMILES string of the molecule is CN(C[C@@H]1CCn2ccnc2C1)C(=O)CC(c1ccccc1)c1ccccc1. The molecule has 0 saturated carbocycles. The van der Waals surface area contributed by atoms with Crippen LogP contribution in [0.2, 0.25) is 0 Å². The van der Waals surface area contributed by atoms with Crippen molar-refractivity contribution in [1.82, 2.24) is 14.5 Å². The molecule has 1 aliphatic rings. The molecule has 0 unspecified atom stereocenters. The van der Waals surface area contributed by atoms with E-state index in [-0.39, 0.29) is 11.8 Å². The summed E-state index contributed by atoms with van der Waals surface area (Å²) in [6.45, 7) is 1.79. The molecular weight excluding hydrogens is 346 g/mol. The summed E-state index contributed by atoms with van der Waals surface area (Å²) < 4.78 is 2.22. The molecule has 1 atom stereocenters. The molecule has 1 aliphatic heterocycles. The highest BCUT2D eigenvalue weighted by molar-refractivity contribution is 5.77. The normalized spacial score (nSPS) is 16.0. The van der Waals surface area contributed by atoms with Crippen LogP contribution in [0.25, 0.3) is 0 Å². The zero-order chi connectivity index (χ0) is 19.3. The molecule has 0 spiro atoms. The van der Waals surface area contributed by atoms with Gasteiger partial charge in [-0.3, -0.25) is 4.79 Å². The van der Waals surface area contributed by atoms with Gasteiger partial charge in [0, 0.05) is 51.3 Å². The average molecular weight is 374 g/mol. The molecule has 144 valence electrons. The molecule has 1 amide bonds. The van der Waals surface area contributed by atoms with Crippen LogP contribution < -0.4 is 0 Å². The van der Waals surface area contributed by atoms with E-state index in [0.29, 0.717) is 12.3 Å². The molecule has 0 aliphatic carbocycles. The summed E-state index contributed by atoms with van der Waals surface area (Å²) in [6.07, 6.45) is 6.46. The van der Waals surface area contributed by atoms with Crippen molar-refractivity contribution in [2.45, 2.75) is 31.7 Å². The van der Waals surface area contributed by atoms with Gasteiger partial charge in [0.15, 0.2) is 0 Å². The third kappa shape index (κ3) is 4.16. The first kappa shape index (κ1) is 18.5. The molecule has 4 rings (SSSR count). The summed E-state index contributed by atoms with van der Waals surface area (Å²) in [6, 6.07) is 20.7. The second kappa shape index (κ2) is 8.42. The van der Waals surface area contributed by atoms with Gasteiger partial charge >= 0.3 is 0 Å². The van der Waals surface area contributed by atoms with Gasteiger partial charge < -0.3 is 9.47 Å². The maximum Gasteiger partial charge on any atom is 0.223 e. The van der Waals surface area contributed by atoms with Crippen molar-refractivity contribution < 1.29 is 4.79 Å². The lowest BCUT2D eigenvalue weighted by Crippen LogP contribution is -2.35. The Balaban J connectivity index is 1.44. The zero-order valence-corrected chi connectivity index (χ0v) is 16.4. The molecule has 0 radical (unpaired) electrons. The van der Waals surface area contributed by atoms with Gasteiger partial charge in [-0.1, -0.05) is 60.7 Å². The van der Waals surface area contributed by atoms with E-state index in [1.54, 1.807) is 0 Å². The number of hydrogen-bond acceptors (Lipinski definition) is 2. The van der Waals surface area contributed by atoms with Crippen LogP contribution in [0.5, 0.6) is 0 Å². The highest BCUT2D eigenvalue weighted by Gasteiger charge is 2.24. The minimum atomic E-state index is 0.0857. The largest absolute Gasteiger partial charge is 0.345 e. The van der Waals surface area contributed by atoms with Crippen molar-refractivity contribution in [1.29, 1.82) is 0 Å². The second-order valence-electron chi connectivity index (χ2n) is 7.75. The summed E-state index contributed by atoms with van der Waals surface area (Å²) in [5.74, 6) is 1.91. The number of aromatic nitrogens is 2. The number of aryl methyl sites for hydroxylation is 1. The maximum absolute atomic E-state index is 13.1. The van der Waals surface area contributed by atoms with Crippen molar-refractivity contribution in [2.24, 2.45) is 5.92 Å². The Kier molecular flexibility index (Phi) is 5.56. The Morgan fingerprint density at radius 2 is 1.75 bits per heavy atom. The first-order valence-electron chi connectivity index (χ1n) is 10.0. The third-order valence-corrected chi connectivity index (χ3v) is 5.79. The minimum absolute atomic E-state index is 0.0857. The number of carbonyl (C=O) groups excluding carboxylic acids is 1. The van der Waals surface area contributed by atoms with E-state index < -0.39 is 0 Å². The molecule has 0 saturated heterocycles. The van der Waals surface area contributed by atoms with Crippen LogP contribution in [0.3, 0.4) is 0 Å². The topological polar surface area (TPSA) is 38.1 Å². The summed E-state index contributed by atoms with van der Waals surface area (Å²) in [5.41, 5.74) is 2.38. The van der Waals surface area contributed by atoms with Crippen molar-refractivity contribution in [3.63, 3.8) is 0 Å². The number of hydrogen-bond donors (Lipinski definition) is 0. The lowest BCUT2D eigenvalue weighted by atomic mass is 9.88. The fourth-order valence-electron chi connectivity index (χ4n) is 4.19. The van der Waals surface area contributed by atoms with Gasteiger partial charge in [-0.05, 0) is 23.5 Å². The van der Waals surface area contributed by atoms with Gasteiger partial charge in [0.1, 0.15) is 5.82 Å². The number of benzene rings is 2. The summed E-state index contributed by atoms with van der Waals surface area (Å²) in [5, 5.41) is 0. The van der Waals surface area contributed by atoms with E-state index in [1.165, 1.54) is 11.1 Å². The Morgan fingerprint density at radius 1 is 1.11 bits per heavy atom. The number of nitrogens with zero attached hydrogens (tertiary/aromatic N) is 3. The molecule has 2 heterocycles. The number of rotatable bonds is 6. The van der Waals surface area contributed by atoms with Gasteiger partial charge in [0.25, 0.3) is 0 Å². The highest BCUT2D eigenvalue weighted by atomic mass is 16.2. The molecule has 0 bridgehead atoms. The molecule has 28 heavy (non-hydrogen) atoms. The number of amides is 1. The van der Waals surface area contributed by atoms with Crippen molar-refractivity contribution in [3.05, 3.63) is 90.0 Å². The Morgan fingerprint density at radius 3 is 2.39 bits per heavy atom. The molecule has 4 nitrogen and oxygen atoms in total. The van der Waals surface area contributed by atoms with E-state index in [4.69, 9.17) is 0 Å². The molecular formula is C24H27N3O. The van der Waals surface area contributed by atoms with Crippen molar-refractivity contribution >= 4 is 5.91 Å². The van der Waals surface area contributed by atoms with E-state index in [1.807, 2.05) is 60.7 Å². The van der Waals surface area contributed by atoms with Gasteiger partial charge in [0.05, 0.1) is 0 Å². The monoisotopic (exact) mass is 373 g/mol. The lowest BCUT2D eigenvalue weighted by molar-refractivity contribution is -0.130. The Hall–Kier alpha value is -2.88. The summed E-state index contributed by atoms with van der Waals surface area (Å²) >= 11 is 0. The predicted molar refractivity (Wildman–Crippen MR) is 111 cm³/mol. The minimum Gasteiger partial charge on any atom is -0.345 e. The standard InChI is InChI=1S/C24H27N3O/c1-26(18-19-12-14-27-15-13-25-23(27)16-19)24(28)17-22(20-8-4-2-5-9-20)21-10-6-3-7-11-21/h2-11,13,15,19,22H,12,14,16-18H2,1H3/t19-/m1/s1. The molecule has 4 heteroatoms. The lowest BCUT2D eigenvalue weighted by Gasteiger charge is -2.29. The Bertz CT molecular complexity index is 864. The van der Waals surface area contributed by atoms with Gasteiger partial charge in [-0.15, -0.1) is 0 Å². The van der Waals surface area contributed by atoms with Crippen LogP contribution >= 0.6 is 0 Å². The number of carbonyl (C=O) groups is 1. The first-order chi connectivity index (χ1) is 13.7. The highest BCUT2D eigenvalue weighted by Crippen LogP contribution is 2.29. The van der Waals surface area contributed by atoms with E-state index >= 15 is 0 Å². The molecule has 0 fully saturated rings. The van der Waals surface area contributed by atoms with Crippen LogP contribution in [-0.4, -0.2) is 34.0 Å². The van der Waals surface area contributed by atoms with Crippen LogP contribution in [0.15, 0.2) is 73.1 Å². The predicted octanol–water partition coefficient (Wildman–Crippen LogP) is 4.13. The van der Waals surface area contributed by atoms with Crippen molar-refractivity contribution in [3.8, 4) is 0 Å². The van der Waals surface area contributed by atoms with E-state index in [2.05, 4.69) is 33.8 Å². The van der Waals surface area contributed by atoms with Gasteiger partial charge in [-0.25, -0.2) is 4.98 Å². The van der Waals surface area contributed by atoms with E-state index in [0.717, 1.165) is 31.8 Å². The Labute approximate surface area is 166 Å². The average Bonchev–Trinajstić information content (AvgIpc) is 3.21. The fraction of sp³-hybridized carbons (Fsp3) is 0.333. The van der Waals surface area contributed by atoms with Crippen LogP contribution in [0, 0.1) is 5.92 Å². The van der Waals surface area contributed by atoms with Crippen LogP contribution in [0.1, 0.15) is 35.7 Å². The number of imidazole rings is 1. The second-order valence-corrected chi connectivity index (χ2v) is 7.75. The van der Waals surface area contributed by atoms with E-state index in [9.17, 15) is 4.79 Å². The summed E-state index contributed by atoms with van der Waals surface area (Å²) in [4.78, 5) is 19.4. The van der Waals surface area contributed by atoms with Gasteiger partial charge in [0.2, 0.25) is 5.91 Å². The molecule has 3 aromatic rings. The van der Waals surface area contributed by atoms with Crippen molar-refractivity contribution in [2.75, 3.05) is 13.6 Å². The smallest absolute Gasteiger partial charge is 0.223 e. The zero-order valence-electron chi connectivity index (χ0n) is 16.4. The van der Waals surface area contributed by atoms with Crippen LogP contribution in [0.4, 0.5) is 0 Å². The quantitative estimate of drug-likeness (QED) is 0.652. The molecule has 1 aromatic heterocycles. The van der Waals surface area contributed by atoms with Crippen LogP contribution in [-0.2, 0) is 17.8 Å². The molecule has 2 aromatic carbocycles. The third-order valence-electron chi connectivity index (χ3n) is 5.79. The first-order valence-corrected chi connectivity index (χ1v) is 10.0. The maximum atomic E-state index is 13.1.